The Labute approximate surface area is 260 Å². The molecule has 234 valence electrons. The standard InChI is InChI=1S/C31H36ClFN6O5/c1-21(40)39(35-17-24-7-4-8-27(33)30(24)32)25(9-10-29(41)38-12-11-37-13-14-43-19-26(37)18-38)20-44-31(42)36-28-15-22-5-2-3-6-23(22)16-34-28/h2-8,15-16,25-26,35H,9-14,17-20H2,1H3,(H,34,36,42)/t25-,26?/m0/s1. The summed E-state index contributed by atoms with van der Waals surface area (Å²) < 4.78 is 25.2. The summed E-state index contributed by atoms with van der Waals surface area (Å²) in [6, 6.07) is 13.2. The Morgan fingerprint density at radius 2 is 1.98 bits per heavy atom. The fraction of sp³-hybridized carbons (Fsp3) is 0.419. The van der Waals surface area contributed by atoms with Gasteiger partial charge in [-0.25, -0.2) is 19.6 Å². The monoisotopic (exact) mass is 626 g/mol. The lowest BCUT2D eigenvalue weighted by Gasteiger charge is -2.43. The Bertz CT molecular complexity index is 1490. The van der Waals surface area contributed by atoms with Gasteiger partial charge < -0.3 is 14.4 Å². The van der Waals surface area contributed by atoms with E-state index in [9.17, 15) is 18.8 Å². The molecule has 0 bridgehead atoms. The number of ether oxygens (including phenoxy) is 2. The number of fused-ring (bicyclic) bond motifs is 2. The highest BCUT2D eigenvalue weighted by molar-refractivity contribution is 6.31. The largest absolute Gasteiger partial charge is 0.447 e. The van der Waals surface area contributed by atoms with Crippen LogP contribution >= 0.6 is 11.6 Å². The van der Waals surface area contributed by atoms with Gasteiger partial charge >= 0.3 is 6.09 Å². The van der Waals surface area contributed by atoms with E-state index in [1.54, 1.807) is 18.3 Å². The van der Waals surface area contributed by atoms with E-state index in [2.05, 4.69) is 20.6 Å². The second kappa shape index (κ2) is 14.8. The van der Waals surface area contributed by atoms with E-state index in [0.717, 1.165) is 23.9 Å². The molecule has 11 nitrogen and oxygen atoms in total. The molecule has 0 saturated carbocycles. The van der Waals surface area contributed by atoms with Crippen LogP contribution in [0.1, 0.15) is 25.3 Å². The molecular formula is C31H36ClFN6O5. The van der Waals surface area contributed by atoms with Crippen molar-refractivity contribution in [2.24, 2.45) is 0 Å². The molecule has 3 heterocycles. The summed E-state index contributed by atoms with van der Waals surface area (Å²) in [5.74, 6) is -0.688. The maximum Gasteiger partial charge on any atom is 0.412 e. The Kier molecular flexibility index (Phi) is 10.6. The van der Waals surface area contributed by atoms with Crippen molar-refractivity contribution in [2.75, 3.05) is 51.3 Å². The lowest BCUT2D eigenvalue weighted by Crippen LogP contribution is -2.59. The first-order valence-electron chi connectivity index (χ1n) is 14.6. The van der Waals surface area contributed by atoms with Gasteiger partial charge in [-0.1, -0.05) is 48.0 Å². The second-order valence-corrected chi connectivity index (χ2v) is 11.3. The number of benzene rings is 2. The van der Waals surface area contributed by atoms with Crippen molar-refractivity contribution < 1.29 is 28.2 Å². The Balaban J connectivity index is 1.25. The van der Waals surface area contributed by atoms with E-state index in [-0.39, 0.29) is 48.9 Å². The first-order chi connectivity index (χ1) is 21.3. The van der Waals surface area contributed by atoms with Crippen molar-refractivity contribution in [1.82, 2.24) is 25.2 Å². The predicted octanol–water partition coefficient (Wildman–Crippen LogP) is 3.82. The van der Waals surface area contributed by atoms with Crippen LogP contribution in [0.25, 0.3) is 10.8 Å². The quantitative estimate of drug-likeness (QED) is 0.327. The number of aromatic nitrogens is 1. The number of carbonyl (C=O) groups is 3. The second-order valence-electron chi connectivity index (χ2n) is 10.9. The number of anilines is 1. The topological polar surface area (TPSA) is 116 Å². The van der Waals surface area contributed by atoms with Crippen molar-refractivity contribution in [3.05, 3.63) is 71.1 Å². The number of halogens is 2. The Morgan fingerprint density at radius 3 is 2.80 bits per heavy atom. The number of hydrogen-bond acceptors (Lipinski definition) is 8. The molecular weight excluding hydrogens is 591 g/mol. The van der Waals surface area contributed by atoms with Gasteiger partial charge in [-0.05, 0) is 29.5 Å². The third-order valence-corrected chi connectivity index (χ3v) is 8.35. The van der Waals surface area contributed by atoms with E-state index in [4.69, 9.17) is 21.1 Å². The molecule has 2 aromatic carbocycles. The van der Waals surface area contributed by atoms with Crippen LogP contribution in [0.4, 0.5) is 15.0 Å². The average molecular weight is 627 g/mol. The summed E-state index contributed by atoms with van der Waals surface area (Å²) in [5.41, 5.74) is 3.44. The van der Waals surface area contributed by atoms with Crippen LogP contribution in [0.15, 0.2) is 54.7 Å². The first-order valence-corrected chi connectivity index (χ1v) is 15.0. The summed E-state index contributed by atoms with van der Waals surface area (Å²) >= 11 is 6.12. The average Bonchev–Trinajstić information content (AvgIpc) is 3.03. The highest BCUT2D eigenvalue weighted by Crippen LogP contribution is 2.21. The molecule has 2 atom stereocenters. The van der Waals surface area contributed by atoms with E-state index in [1.807, 2.05) is 29.2 Å². The third-order valence-electron chi connectivity index (χ3n) is 7.93. The predicted molar refractivity (Wildman–Crippen MR) is 163 cm³/mol. The van der Waals surface area contributed by atoms with E-state index in [0.29, 0.717) is 37.7 Å². The zero-order valence-corrected chi connectivity index (χ0v) is 25.3. The number of rotatable bonds is 10. The molecule has 2 aliphatic rings. The number of hydrogen-bond donors (Lipinski definition) is 2. The molecule has 2 saturated heterocycles. The normalized spacial score (nSPS) is 17.5. The number of nitrogens with one attached hydrogen (secondary N) is 2. The molecule has 5 rings (SSSR count). The molecule has 1 aromatic heterocycles. The summed E-state index contributed by atoms with van der Waals surface area (Å²) in [6.45, 7) is 5.31. The molecule has 1 unspecified atom stereocenters. The van der Waals surface area contributed by atoms with Gasteiger partial charge in [0.2, 0.25) is 11.8 Å². The molecule has 44 heavy (non-hydrogen) atoms. The van der Waals surface area contributed by atoms with Gasteiger partial charge in [0, 0.05) is 57.7 Å². The van der Waals surface area contributed by atoms with Gasteiger partial charge in [-0.2, -0.15) is 0 Å². The number of nitrogens with zero attached hydrogens (tertiary/aromatic N) is 4. The minimum absolute atomic E-state index is 0.0392. The molecule has 13 heteroatoms. The fourth-order valence-corrected chi connectivity index (χ4v) is 5.72. The maximum absolute atomic E-state index is 14.0. The summed E-state index contributed by atoms with van der Waals surface area (Å²) in [4.78, 5) is 47.3. The maximum atomic E-state index is 14.0. The van der Waals surface area contributed by atoms with Crippen molar-refractivity contribution in [3.8, 4) is 0 Å². The van der Waals surface area contributed by atoms with Crippen molar-refractivity contribution in [2.45, 2.75) is 38.4 Å². The molecule has 3 amide bonds. The van der Waals surface area contributed by atoms with Gasteiger partial charge in [0.25, 0.3) is 0 Å². The molecule has 3 aromatic rings. The van der Waals surface area contributed by atoms with Crippen LogP contribution in [0.2, 0.25) is 5.02 Å². The molecule has 2 N–H and O–H groups in total. The van der Waals surface area contributed by atoms with Gasteiger partial charge in [0.1, 0.15) is 18.2 Å². The van der Waals surface area contributed by atoms with E-state index >= 15 is 0 Å². The Morgan fingerprint density at radius 1 is 1.16 bits per heavy atom. The molecule has 2 fully saturated rings. The van der Waals surface area contributed by atoms with Crippen LogP contribution in [-0.4, -0.2) is 95.8 Å². The molecule has 0 radical (unpaired) electrons. The van der Waals surface area contributed by atoms with Crippen LogP contribution < -0.4 is 10.7 Å². The van der Waals surface area contributed by atoms with E-state index < -0.39 is 18.0 Å². The van der Waals surface area contributed by atoms with Gasteiger partial charge in [0.15, 0.2) is 0 Å². The SMILES string of the molecule is CC(=O)N(NCc1cccc(F)c1Cl)[C@@H](CCC(=O)N1CCN2CCOCC2C1)COC(=O)Nc1cc2ccccc2cn1. The van der Waals surface area contributed by atoms with Crippen molar-refractivity contribution in [1.29, 1.82) is 0 Å². The van der Waals surface area contributed by atoms with Crippen LogP contribution in [-0.2, 0) is 25.6 Å². The lowest BCUT2D eigenvalue weighted by atomic mass is 10.1. The van der Waals surface area contributed by atoms with Crippen LogP contribution in [0.5, 0.6) is 0 Å². The summed E-state index contributed by atoms with van der Waals surface area (Å²) in [7, 11) is 0. The third kappa shape index (κ3) is 8.00. The fourth-order valence-electron chi connectivity index (χ4n) is 5.53. The number of amides is 3. The number of carbonyl (C=O) groups excluding carboxylic acids is 3. The summed E-state index contributed by atoms with van der Waals surface area (Å²) in [5, 5.41) is 5.70. The van der Waals surface area contributed by atoms with Crippen molar-refractivity contribution >= 4 is 46.1 Å². The smallest absolute Gasteiger partial charge is 0.412 e. The molecule has 0 aliphatic carbocycles. The minimum atomic E-state index is -0.755. The van der Waals surface area contributed by atoms with E-state index in [1.165, 1.54) is 24.1 Å². The van der Waals surface area contributed by atoms with Crippen LogP contribution in [0.3, 0.4) is 0 Å². The zero-order valence-electron chi connectivity index (χ0n) is 24.5. The number of piperazine rings is 1. The van der Waals surface area contributed by atoms with Crippen LogP contribution in [0, 0.1) is 5.82 Å². The summed E-state index contributed by atoms with van der Waals surface area (Å²) in [6.07, 6.45) is 1.24. The van der Waals surface area contributed by atoms with Gasteiger partial charge in [0.05, 0.1) is 30.3 Å². The van der Waals surface area contributed by atoms with Gasteiger partial charge in [-0.15, -0.1) is 0 Å². The number of pyridine rings is 1. The lowest BCUT2D eigenvalue weighted by molar-refractivity contribution is -0.140. The zero-order chi connectivity index (χ0) is 31.1. The highest BCUT2D eigenvalue weighted by Gasteiger charge is 2.32. The van der Waals surface area contributed by atoms with Gasteiger partial charge in [-0.3, -0.25) is 24.8 Å². The first kappa shape index (κ1) is 31.6. The Hall–Kier alpha value is -3.84. The number of morpholine rings is 1. The minimum Gasteiger partial charge on any atom is -0.447 e. The molecule has 2 aliphatic heterocycles. The van der Waals surface area contributed by atoms with Crippen molar-refractivity contribution in [3.63, 3.8) is 0 Å². The highest BCUT2D eigenvalue weighted by atomic mass is 35.5. The molecule has 0 spiro atoms. The number of hydrazine groups is 1.